The second kappa shape index (κ2) is 5.50. The lowest BCUT2D eigenvalue weighted by molar-refractivity contribution is -0.140. The monoisotopic (exact) mass is 276 g/mol. The zero-order valence-electron chi connectivity index (χ0n) is 11.5. The van der Waals surface area contributed by atoms with Crippen LogP contribution in [0.15, 0.2) is 24.4 Å². The van der Waals surface area contributed by atoms with Crippen molar-refractivity contribution in [3.63, 3.8) is 0 Å². The van der Waals surface area contributed by atoms with E-state index in [2.05, 4.69) is 4.98 Å². The highest BCUT2D eigenvalue weighted by Crippen LogP contribution is 2.40. The highest BCUT2D eigenvalue weighted by atomic mass is 16.5. The summed E-state index contributed by atoms with van der Waals surface area (Å²) in [5, 5.41) is 10.2. The molecule has 2 aliphatic heterocycles. The number of ether oxygens (including phenoxy) is 1. The molecule has 1 unspecified atom stereocenters. The molecule has 1 aromatic rings. The molecule has 1 amide bonds. The van der Waals surface area contributed by atoms with E-state index in [0.717, 1.165) is 45.6 Å². The van der Waals surface area contributed by atoms with E-state index in [1.807, 2.05) is 0 Å². The van der Waals surface area contributed by atoms with E-state index in [9.17, 15) is 9.90 Å². The minimum atomic E-state index is -1.15. The van der Waals surface area contributed by atoms with Gasteiger partial charge in [-0.25, -0.2) is 0 Å². The third-order valence-corrected chi connectivity index (χ3v) is 4.51. The minimum Gasteiger partial charge on any atom is -0.381 e. The van der Waals surface area contributed by atoms with Crippen molar-refractivity contribution < 1.29 is 14.6 Å². The van der Waals surface area contributed by atoms with E-state index in [0.29, 0.717) is 5.69 Å². The Labute approximate surface area is 118 Å². The van der Waals surface area contributed by atoms with Crippen molar-refractivity contribution in [3.05, 3.63) is 30.1 Å². The van der Waals surface area contributed by atoms with Crippen LogP contribution >= 0.6 is 0 Å². The summed E-state index contributed by atoms with van der Waals surface area (Å²) >= 11 is 0. The number of carbonyl (C=O) groups excluding carboxylic acids is 1. The SMILES string of the molecule is O=C(C(O)c1ccccn1)N1CCC2(CCOCC2)C1. The van der Waals surface area contributed by atoms with Crippen LogP contribution in [-0.4, -0.2) is 47.2 Å². The normalized spacial score (nSPS) is 22.9. The summed E-state index contributed by atoms with van der Waals surface area (Å²) in [6.45, 7) is 3.03. The Hall–Kier alpha value is -1.46. The average Bonchev–Trinajstić information content (AvgIpc) is 2.91. The fraction of sp³-hybridized carbons (Fsp3) is 0.600. The maximum Gasteiger partial charge on any atom is 0.257 e. The topological polar surface area (TPSA) is 62.7 Å². The molecule has 3 rings (SSSR count). The molecule has 108 valence electrons. The number of aliphatic hydroxyl groups is 1. The number of nitrogens with zero attached hydrogens (tertiary/aromatic N) is 2. The summed E-state index contributed by atoms with van der Waals surface area (Å²) in [5.74, 6) is -0.230. The van der Waals surface area contributed by atoms with Gasteiger partial charge in [-0.2, -0.15) is 0 Å². The maximum atomic E-state index is 12.4. The third-order valence-electron chi connectivity index (χ3n) is 4.51. The highest BCUT2D eigenvalue weighted by Gasteiger charge is 2.42. The lowest BCUT2D eigenvalue weighted by Crippen LogP contribution is -2.37. The average molecular weight is 276 g/mol. The van der Waals surface area contributed by atoms with Gasteiger partial charge in [-0.3, -0.25) is 9.78 Å². The van der Waals surface area contributed by atoms with Gasteiger partial charge in [0, 0.05) is 32.5 Å². The van der Waals surface area contributed by atoms with Gasteiger partial charge >= 0.3 is 0 Å². The van der Waals surface area contributed by atoms with Crippen molar-refractivity contribution >= 4 is 5.91 Å². The smallest absolute Gasteiger partial charge is 0.257 e. The van der Waals surface area contributed by atoms with Gasteiger partial charge in [-0.15, -0.1) is 0 Å². The molecule has 0 aliphatic carbocycles. The molecule has 0 bridgehead atoms. The van der Waals surface area contributed by atoms with E-state index in [1.165, 1.54) is 0 Å². The highest BCUT2D eigenvalue weighted by molar-refractivity contribution is 5.81. The van der Waals surface area contributed by atoms with Gasteiger partial charge in [-0.05, 0) is 36.8 Å². The van der Waals surface area contributed by atoms with E-state index in [1.54, 1.807) is 29.3 Å². The number of carbonyl (C=O) groups is 1. The molecular weight excluding hydrogens is 256 g/mol. The molecule has 5 heteroatoms. The lowest BCUT2D eigenvalue weighted by Gasteiger charge is -2.33. The molecule has 0 radical (unpaired) electrons. The van der Waals surface area contributed by atoms with Crippen LogP contribution in [0.1, 0.15) is 31.1 Å². The summed E-state index contributed by atoms with van der Waals surface area (Å²) in [6.07, 6.45) is 3.48. The predicted octanol–water partition coefficient (Wildman–Crippen LogP) is 1.14. The van der Waals surface area contributed by atoms with Gasteiger partial charge in [0.05, 0.1) is 5.69 Å². The molecule has 5 nitrogen and oxygen atoms in total. The summed E-state index contributed by atoms with van der Waals surface area (Å²) < 4.78 is 5.41. The van der Waals surface area contributed by atoms with Gasteiger partial charge in [-0.1, -0.05) is 6.07 Å². The first kappa shape index (κ1) is 13.5. The summed E-state index contributed by atoms with van der Waals surface area (Å²) in [6, 6.07) is 5.24. The van der Waals surface area contributed by atoms with Gasteiger partial charge in [0.2, 0.25) is 0 Å². The van der Waals surface area contributed by atoms with Crippen molar-refractivity contribution in [2.24, 2.45) is 5.41 Å². The van der Waals surface area contributed by atoms with Crippen LogP contribution in [0.25, 0.3) is 0 Å². The number of likely N-dealkylation sites (tertiary alicyclic amines) is 1. The number of aliphatic hydroxyl groups excluding tert-OH is 1. The molecule has 2 fully saturated rings. The Balaban J connectivity index is 1.66. The van der Waals surface area contributed by atoms with Crippen molar-refractivity contribution in [3.8, 4) is 0 Å². The molecule has 3 heterocycles. The van der Waals surface area contributed by atoms with Crippen LogP contribution in [0.2, 0.25) is 0 Å². The Morgan fingerprint density at radius 3 is 2.85 bits per heavy atom. The molecule has 0 aromatic carbocycles. The number of aromatic nitrogens is 1. The lowest BCUT2D eigenvalue weighted by atomic mass is 9.80. The van der Waals surface area contributed by atoms with Gasteiger partial charge in [0.25, 0.3) is 5.91 Å². The number of hydrogen-bond donors (Lipinski definition) is 1. The molecule has 1 spiro atoms. The first-order valence-corrected chi connectivity index (χ1v) is 7.16. The van der Waals surface area contributed by atoms with Crippen molar-refractivity contribution in [2.45, 2.75) is 25.4 Å². The summed E-state index contributed by atoms with van der Waals surface area (Å²) in [4.78, 5) is 18.2. The first-order valence-electron chi connectivity index (χ1n) is 7.16. The van der Waals surface area contributed by atoms with Gasteiger partial charge < -0.3 is 14.7 Å². The number of hydrogen-bond acceptors (Lipinski definition) is 4. The molecule has 1 N–H and O–H groups in total. The van der Waals surface area contributed by atoms with Crippen molar-refractivity contribution in [2.75, 3.05) is 26.3 Å². The predicted molar refractivity (Wildman–Crippen MR) is 72.9 cm³/mol. The van der Waals surface area contributed by atoms with Crippen LogP contribution in [0.4, 0.5) is 0 Å². The van der Waals surface area contributed by atoms with E-state index in [4.69, 9.17) is 4.74 Å². The number of amides is 1. The molecule has 2 saturated heterocycles. The Morgan fingerprint density at radius 2 is 2.15 bits per heavy atom. The van der Waals surface area contributed by atoms with Crippen LogP contribution in [-0.2, 0) is 9.53 Å². The zero-order chi connectivity index (χ0) is 14.0. The van der Waals surface area contributed by atoms with Crippen LogP contribution in [0.3, 0.4) is 0 Å². The quantitative estimate of drug-likeness (QED) is 0.880. The number of rotatable bonds is 2. The molecule has 2 aliphatic rings. The van der Waals surface area contributed by atoms with Crippen LogP contribution in [0.5, 0.6) is 0 Å². The minimum absolute atomic E-state index is 0.206. The maximum absolute atomic E-state index is 12.4. The molecule has 1 aromatic heterocycles. The largest absolute Gasteiger partial charge is 0.381 e. The Bertz CT molecular complexity index is 471. The molecule has 0 saturated carbocycles. The van der Waals surface area contributed by atoms with E-state index < -0.39 is 6.10 Å². The summed E-state index contributed by atoms with van der Waals surface area (Å²) in [5.41, 5.74) is 0.628. The Kier molecular flexibility index (Phi) is 3.72. The Morgan fingerprint density at radius 1 is 1.35 bits per heavy atom. The second-order valence-corrected chi connectivity index (χ2v) is 5.78. The van der Waals surface area contributed by atoms with Crippen LogP contribution in [0, 0.1) is 5.41 Å². The summed E-state index contributed by atoms with van der Waals surface area (Å²) in [7, 11) is 0. The fourth-order valence-electron chi connectivity index (χ4n) is 3.17. The molecular formula is C15H20N2O3. The second-order valence-electron chi connectivity index (χ2n) is 5.78. The van der Waals surface area contributed by atoms with Gasteiger partial charge in [0.1, 0.15) is 0 Å². The molecule has 20 heavy (non-hydrogen) atoms. The molecule has 1 atom stereocenters. The van der Waals surface area contributed by atoms with Gasteiger partial charge in [0.15, 0.2) is 6.10 Å². The fourth-order valence-corrected chi connectivity index (χ4v) is 3.17. The van der Waals surface area contributed by atoms with E-state index in [-0.39, 0.29) is 11.3 Å². The zero-order valence-corrected chi connectivity index (χ0v) is 11.5. The third kappa shape index (κ3) is 2.55. The van der Waals surface area contributed by atoms with Crippen molar-refractivity contribution in [1.29, 1.82) is 0 Å². The first-order chi connectivity index (χ1) is 9.70. The standard InChI is InChI=1S/C15H20N2O3/c18-13(12-3-1-2-7-16-12)14(19)17-8-4-15(11-17)5-9-20-10-6-15/h1-3,7,13,18H,4-6,8-11H2. The number of pyridine rings is 1. The van der Waals surface area contributed by atoms with Crippen molar-refractivity contribution in [1.82, 2.24) is 9.88 Å². The van der Waals surface area contributed by atoms with E-state index >= 15 is 0 Å². The van der Waals surface area contributed by atoms with Crippen LogP contribution < -0.4 is 0 Å².